The van der Waals surface area contributed by atoms with E-state index in [1.165, 1.54) is 6.20 Å². The van der Waals surface area contributed by atoms with E-state index in [1.54, 1.807) is 18.2 Å². The molecule has 2 rings (SSSR count). The lowest BCUT2D eigenvalue weighted by molar-refractivity contribution is 0.0690. The van der Waals surface area contributed by atoms with Crippen molar-refractivity contribution < 1.29 is 9.90 Å². The highest BCUT2D eigenvalue weighted by molar-refractivity contribution is 6.31. The number of halogens is 1. The Morgan fingerprint density at radius 3 is 2.82 bits per heavy atom. The van der Waals surface area contributed by atoms with Gasteiger partial charge in [0.2, 0.25) is 0 Å². The number of carboxylic acids is 1. The zero-order chi connectivity index (χ0) is 12.4. The zero-order valence-electron chi connectivity index (χ0n) is 9.14. The molecule has 86 valence electrons. The second-order valence-electron chi connectivity index (χ2n) is 3.65. The summed E-state index contributed by atoms with van der Waals surface area (Å²) in [6.07, 6.45) is 1.49. The van der Waals surface area contributed by atoms with Crippen molar-refractivity contribution in [3.05, 3.63) is 52.8 Å². The molecule has 2 aromatic rings. The lowest BCUT2D eigenvalue weighted by atomic mass is 10.0. The summed E-state index contributed by atoms with van der Waals surface area (Å²) >= 11 is 6.03. The number of aromatic nitrogens is 1. The first-order valence-electron chi connectivity index (χ1n) is 5.04. The molecule has 0 aliphatic rings. The van der Waals surface area contributed by atoms with Crippen molar-refractivity contribution in [1.82, 2.24) is 4.98 Å². The maximum Gasteiger partial charge on any atom is 0.354 e. The van der Waals surface area contributed by atoms with Crippen LogP contribution in [0.3, 0.4) is 0 Å². The van der Waals surface area contributed by atoms with Crippen LogP contribution in [0.15, 0.2) is 36.5 Å². The van der Waals surface area contributed by atoms with E-state index < -0.39 is 5.97 Å². The average molecular weight is 248 g/mol. The van der Waals surface area contributed by atoms with Gasteiger partial charge < -0.3 is 5.11 Å². The Balaban J connectivity index is 2.57. The van der Waals surface area contributed by atoms with Crippen LogP contribution in [-0.4, -0.2) is 16.1 Å². The minimum Gasteiger partial charge on any atom is -0.477 e. The van der Waals surface area contributed by atoms with Crippen molar-refractivity contribution in [2.24, 2.45) is 0 Å². The number of carboxylic acid groups (broad SMARTS) is 1. The first-order valence-corrected chi connectivity index (χ1v) is 5.42. The number of hydrogen-bond donors (Lipinski definition) is 1. The molecule has 0 spiro atoms. The normalized spacial score (nSPS) is 10.2. The monoisotopic (exact) mass is 247 g/mol. The van der Waals surface area contributed by atoms with Gasteiger partial charge in [-0.05, 0) is 41.8 Å². The van der Waals surface area contributed by atoms with Crippen molar-refractivity contribution >= 4 is 17.6 Å². The lowest BCUT2D eigenvalue weighted by Gasteiger charge is -2.07. The maximum absolute atomic E-state index is 10.8. The highest BCUT2D eigenvalue weighted by atomic mass is 35.5. The van der Waals surface area contributed by atoms with Crippen LogP contribution in [0.2, 0.25) is 5.02 Å². The minimum atomic E-state index is -1.04. The highest BCUT2D eigenvalue weighted by Gasteiger charge is 2.09. The van der Waals surface area contributed by atoms with E-state index in [1.807, 2.05) is 19.1 Å². The quantitative estimate of drug-likeness (QED) is 0.885. The van der Waals surface area contributed by atoms with Crippen LogP contribution in [0.25, 0.3) is 11.1 Å². The largest absolute Gasteiger partial charge is 0.477 e. The molecule has 1 N–H and O–H groups in total. The molecule has 0 aliphatic carbocycles. The van der Waals surface area contributed by atoms with Gasteiger partial charge in [-0.15, -0.1) is 0 Å². The number of rotatable bonds is 2. The van der Waals surface area contributed by atoms with Crippen LogP contribution >= 0.6 is 11.6 Å². The second kappa shape index (κ2) is 4.55. The number of pyridine rings is 1. The van der Waals surface area contributed by atoms with E-state index in [4.69, 9.17) is 16.7 Å². The van der Waals surface area contributed by atoms with Crippen LogP contribution in [-0.2, 0) is 0 Å². The zero-order valence-corrected chi connectivity index (χ0v) is 9.90. The predicted octanol–water partition coefficient (Wildman–Crippen LogP) is 3.41. The fourth-order valence-electron chi connectivity index (χ4n) is 1.64. The third-order valence-corrected chi connectivity index (χ3v) is 2.97. The molecule has 0 radical (unpaired) electrons. The lowest BCUT2D eigenvalue weighted by Crippen LogP contribution is -1.99. The molecule has 4 heteroatoms. The van der Waals surface area contributed by atoms with Crippen molar-refractivity contribution in [3.8, 4) is 11.1 Å². The van der Waals surface area contributed by atoms with Crippen molar-refractivity contribution in [3.63, 3.8) is 0 Å². The summed E-state index contributed by atoms with van der Waals surface area (Å²) in [4.78, 5) is 14.6. The Morgan fingerprint density at radius 1 is 1.35 bits per heavy atom. The molecule has 0 atom stereocenters. The maximum atomic E-state index is 10.8. The van der Waals surface area contributed by atoms with Gasteiger partial charge in [-0.2, -0.15) is 0 Å². The molecule has 1 heterocycles. The summed E-state index contributed by atoms with van der Waals surface area (Å²) in [7, 11) is 0. The number of aromatic carboxylic acids is 1. The van der Waals surface area contributed by atoms with E-state index in [2.05, 4.69) is 4.98 Å². The molecular weight excluding hydrogens is 238 g/mol. The third-order valence-electron chi connectivity index (χ3n) is 2.56. The molecule has 1 aromatic heterocycles. The number of carbonyl (C=O) groups is 1. The van der Waals surface area contributed by atoms with E-state index >= 15 is 0 Å². The van der Waals surface area contributed by atoms with E-state index in [0.29, 0.717) is 5.02 Å². The number of hydrogen-bond acceptors (Lipinski definition) is 2. The van der Waals surface area contributed by atoms with Crippen LogP contribution in [0.1, 0.15) is 16.1 Å². The Morgan fingerprint density at radius 2 is 2.12 bits per heavy atom. The summed E-state index contributed by atoms with van der Waals surface area (Å²) in [5.74, 6) is -1.04. The summed E-state index contributed by atoms with van der Waals surface area (Å²) in [6, 6.07) is 8.86. The molecule has 0 fully saturated rings. The standard InChI is InChI=1S/C13H10ClNO2/c1-8-10(3-2-4-11(8)14)9-5-6-15-12(7-9)13(16)17/h2-7H,1H3,(H,16,17). The number of nitrogens with zero attached hydrogens (tertiary/aromatic N) is 1. The van der Waals surface area contributed by atoms with Gasteiger partial charge in [0.15, 0.2) is 0 Å². The van der Waals surface area contributed by atoms with Crippen LogP contribution in [0, 0.1) is 6.92 Å². The highest BCUT2D eigenvalue weighted by Crippen LogP contribution is 2.28. The molecular formula is C13H10ClNO2. The Bertz CT molecular complexity index is 581. The summed E-state index contributed by atoms with van der Waals surface area (Å²) in [5, 5.41) is 9.55. The molecule has 1 aromatic carbocycles. The first kappa shape index (κ1) is 11.6. The third kappa shape index (κ3) is 2.29. The van der Waals surface area contributed by atoms with Crippen molar-refractivity contribution in [2.75, 3.05) is 0 Å². The second-order valence-corrected chi connectivity index (χ2v) is 4.05. The smallest absolute Gasteiger partial charge is 0.354 e. The van der Waals surface area contributed by atoms with E-state index in [0.717, 1.165) is 16.7 Å². The Kier molecular flexibility index (Phi) is 3.11. The van der Waals surface area contributed by atoms with E-state index in [-0.39, 0.29) is 5.69 Å². The Labute approximate surface area is 104 Å². The molecule has 0 saturated heterocycles. The minimum absolute atomic E-state index is 0.0295. The predicted molar refractivity (Wildman–Crippen MR) is 66.4 cm³/mol. The van der Waals surface area contributed by atoms with Gasteiger partial charge in [-0.3, -0.25) is 0 Å². The molecule has 0 unspecified atom stereocenters. The van der Waals surface area contributed by atoms with Gasteiger partial charge in [0.05, 0.1) is 0 Å². The Hall–Kier alpha value is -1.87. The molecule has 0 saturated carbocycles. The van der Waals surface area contributed by atoms with Gasteiger partial charge >= 0.3 is 5.97 Å². The fraction of sp³-hybridized carbons (Fsp3) is 0.0769. The van der Waals surface area contributed by atoms with Crippen LogP contribution in [0.4, 0.5) is 0 Å². The van der Waals surface area contributed by atoms with Gasteiger partial charge in [0.1, 0.15) is 5.69 Å². The van der Waals surface area contributed by atoms with Crippen molar-refractivity contribution in [2.45, 2.75) is 6.92 Å². The number of benzene rings is 1. The molecule has 0 bridgehead atoms. The summed E-state index contributed by atoms with van der Waals surface area (Å²) in [5.41, 5.74) is 2.68. The summed E-state index contributed by atoms with van der Waals surface area (Å²) < 4.78 is 0. The van der Waals surface area contributed by atoms with Crippen LogP contribution in [0.5, 0.6) is 0 Å². The SMILES string of the molecule is Cc1c(Cl)cccc1-c1ccnc(C(=O)O)c1. The molecule has 0 amide bonds. The average Bonchev–Trinajstić information content (AvgIpc) is 2.33. The van der Waals surface area contributed by atoms with Gasteiger partial charge in [0, 0.05) is 11.2 Å². The topological polar surface area (TPSA) is 50.2 Å². The molecule has 17 heavy (non-hydrogen) atoms. The van der Waals surface area contributed by atoms with Crippen molar-refractivity contribution in [1.29, 1.82) is 0 Å². The van der Waals surface area contributed by atoms with Gasteiger partial charge in [0.25, 0.3) is 0 Å². The van der Waals surface area contributed by atoms with E-state index in [9.17, 15) is 4.79 Å². The van der Waals surface area contributed by atoms with Gasteiger partial charge in [-0.1, -0.05) is 23.7 Å². The molecule has 3 nitrogen and oxygen atoms in total. The first-order chi connectivity index (χ1) is 8.09. The van der Waals surface area contributed by atoms with Crippen LogP contribution < -0.4 is 0 Å². The fourth-order valence-corrected chi connectivity index (χ4v) is 1.81. The summed E-state index contributed by atoms with van der Waals surface area (Å²) in [6.45, 7) is 1.90. The molecule has 0 aliphatic heterocycles. The van der Waals surface area contributed by atoms with Gasteiger partial charge in [-0.25, -0.2) is 9.78 Å².